The smallest absolute Gasteiger partial charge is 0.186 e. The van der Waals surface area contributed by atoms with Crippen molar-refractivity contribution in [3.63, 3.8) is 0 Å². The van der Waals surface area contributed by atoms with Crippen LogP contribution >= 0.6 is 0 Å². The van der Waals surface area contributed by atoms with Crippen molar-refractivity contribution in [2.24, 2.45) is 0 Å². The predicted molar refractivity (Wildman–Crippen MR) is 98.4 cm³/mol. The van der Waals surface area contributed by atoms with E-state index in [2.05, 4.69) is 76.7 Å². The van der Waals surface area contributed by atoms with Crippen LogP contribution < -0.4 is 22.6 Å². The average molecular weight is 435 g/mol. The van der Waals surface area contributed by atoms with Crippen LogP contribution in [-0.2, 0) is 0 Å². The third-order valence-corrected chi connectivity index (χ3v) is 4.56. The fraction of sp³-hybridized carbons (Fsp3) is 0. The first-order chi connectivity index (χ1) is 12.3. The van der Waals surface area contributed by atoms with Gasteiger partial charge in [-0.1, -0.05) is 78.9 Å². The first kappa shape index (κ1) is 16.0. The molecule has 25 heavy (non-hydrogen) atoms. The van der Waals surface area contributed by atoms with Gasteiger partial charge in [-0.25, -0.2) is 0 Å². The van der Waals surface area contributed by atoms with Crippen molar-refractivity contribution in [1.82, 2.24) is 9.97 Å². The largest absolute Gasteiger partial charge is 0.374 e. The van der Waals surface area contributed by atoms with Gasteiger partial charge >= 0.3 is 26.4 Å². The number of hydrogen-bond donors (Lipinski definition) is 0. The van der Waals surface area contributed by atoms with Crippen LogP contribution in [-0.4, -0.2) is 9.97 Å². The van der Waals surface area contributed by atoms with Crippen molar-refractivity contribution in [3.05, 3.63) is 94.8 Å². The summed E-state index contributed by atoms with van der Waals surface area (Å²) in [6.07, 6.45) is 0. The summed E-state index contributed by atoms with van der Waals surface area (Å²) >= 11 is 1.86. The van der Waals surface area contributed by atoms with Crippen molar-refractivity contribution in [3.8, 4) is 33.6 Å². The van der Waals surface area contributed by atoms with Gasteiger partial charge in [0, 0.05) is 11.1 Å². The van der Waals surface area contributed by atoms with Crippen molar-refractivity contribution < 1.29 is 22.6 Å². The van der Waals surface area contributed by atoms with Crippen LogP contribution in [0.15, 0.2) is 91.0 Å². The van der Waals surface area contributed by atoms with Gasteiger partial charge in [-0.2, -0.15) is 9.97 Å². The van der Waals surface area contributed by atoms with Gasteiger partial charge in [0.05, 0.1) is 11.4 Å². The first-order valence-corrected chi connectivity index (χ1v) is 9.23. The summed E-state index contributed by atoms with van der Waals surface area (Å²) in [6, 6.07) is 31.2. The Labute approximate surface area is 160 Å². The highest BCUT2D eigenvalue weighted by Crippen LogP contribution is 2.27. The lowest BCUT2D eigenvalue weighted by Crippen LogP contribution is -3.34. The molecule has 0 aliphatic rings. The Morgan fingerprint density at radius 3 is 1.68 bits per heavy atom. The third kappa shape index (κ3) is 3.61. The summed E-state index contributed by atoms with van der Waals surface area (Å²) in [7, 11) is 0. The number of hydrogen-bond acceptors (Lipinski definition) is 2. The molecule has 0 bridgehead atoms. The monoisotopic (exact) mass is 435 g/mol. The molecule has 3 aromatic carbocycles. The Balaban J connectivity index is 1.79. The molecule has 0 saturated carbocycles. The van der Waals surface area contributed by atoms with Crippen molar-refractivity contribution in [2.75, 3.05) is 0 Å². The SMILES string of the molecule is [IH+]c1nc(-c2ccccc2)cc(-c2cccc(-c3ccccc3)c2)n1. The maximum Gasteiger partial charge on any atom is 0.374 e. The number of rotatable bonds is 3. The molecule has 0 fully saturated rings. The lowest BCUT2D eigenvalue weighted by atomic mass is 10.0. The zero-order valence-corrected chi connectivity index (χ0v) is 15.8. The van der Waals surface area contributed by atoms with Crippen LogP contribution in [0, 0.1) is 3.83 Å². The van der Waals surface area contributed by atoms with Gasteiger partial charge in [-0.05, 0) is 23.3 Å². The molecule has 0 aliphatic heterocycles. The van der Waals surface area contributed by atoms with E-state index >= 15 is 0 Å². The molecule has 0 amide bonds. The van der Waals surface area contributed by atoms with E-state index in [0.29, 0.717) is 0 Å². The maximum atomic E-state index is 4.66. The second-order valence-corrected chi connectivity index (χ2v) is 6.78. The van der Waals surface area contributed by atoms with Crippen molar-refractivity contribution >= 4 is 0 Å². The summed E-state index contributed by atoms with van der Waals surface area (Å²) in [5, 5.41) is 0. The number of aromatic nitrogens is 2. The summed E-state index contributed by atoms with van der Waals surface area (Å²) in [5.74, 6) is 0. The van der Waals surface area contributed by atoms with Crippen LogP contribution in [0.4, 0.5) is 0 Å². The molecule has 4 rings (SSSR count). The minimum Gasteiger partial charge on any atom is -0.186 e. The molecule has 0 N–H and O–H groups in total. The van der Waals surface area contributed by atoms with Crippen LogP contribution in [0.2, 0.25) is 0 Å². The number of nitrogens with zero attached hydrogens (tertiary/aromatic N) is 2. The third-order valence-electron chi connectivity index (χ3n) is 4.04. The highest BCUT2D eigenvalue weighted by molar-refractivity contribution is 5.73. The van der Waals surface area contributed by atoms with Gasteiger partial charge < -0.3 is 0 Å². The van der Waals surface area contributed by atoms with E-state index in [-0.39, 0.29) is 0 Å². The fourth-order valence-corrected chi connectivity index (χ4v) is 3.38. The molecule has 4 aromatic rings. The second kappa shape index (κ2) is 7.15. The minimum atomic E-state index is 0.789. The minimum absolute atomic E-state index is 0.789. The van der Waals surface area contributed by atoms with Crippen molar-refractivity contribution in [1.29, 1.82) is 0 Å². The fourth-order valence-electron chi connectivity index (χ4n) is 2.82. The number of benzene rings is 3. The maximum absolute atomic E-state index is 4.66. The molecule has 0 unspecified atom stereocenters. The van der Waals surface area contributed by atoms with Gasteiger partial charge in [0.2, 0.25) is 0 Å². The van der Waals surface area contributed by atoms with E-state index in [1.807, 2.05) is 46.9 Å². The summed E-state index contributed by atoms with van der Waals surface area (Å²) in [6.45, 7) is 0. The zero-order valence-electron chi connectivity index (χ0n) is 13.5. The molecular weight excluding hydrogens is 419 g/mol. The zero-order chi connectivity index (χ0) is 17.1. The second-order valence-electron chi connectivity index (χ2n) is 5.73. The topological polar surface area (TPSA) is 25.8 Å². The van der Waals surface area contributed by atoms with Crippen molar-refractivity contribution in [2.45, 2.75) is 0 Å². The quantitative estimate of drug-likeness (QED) is 0.363. The molecule has 0 atom stereocenters. The molecule has 2 nitrogen and oxygen atoms in total. The van der Waals surface area contributed by atoms with E-state index < -0.39 is 0 Å². The normalized spacial score (nSPS) is 10.6. The summed E-state index contributed by atoms with van der Waals surface area (Å²) in [4.78, 5) is 9.26. The van der Waals surface area contributed by atoms with Gasteiger partial charge in [-0.3, -0.25) is 0 Å². The molecule has 3 heteroatoms. The van der Waals surface area contributed by atoms with Gasteiger partial charge in [0.25, 0.3) is 0 Å². The standard InChI is InChI=1S/C22H16IN2/c23-22-24-20(17-10-5-2-6-11-17)15-21(25-22)19-13-7-12-18(14-19)16-8-3-1-4-9-16/h1-15,23H/q+1. The molecule has 1 aromatic heterocycles. The highest BCUT2D eigenvalue weighted by Gasteiger charge is 2.11. The summed E-state index contributed by atoms with van der Waals surface area (Å²) in [5.41, 5.74) is 6.51. The Bertz CT molecular complexity index is 999. The molecule has 0 spiro atoms. The highest BCUT2D eigenvalue weighted by atomic mass is 127. The molecule has 0 saturated heterocycles. The lowest BCUT2D eigenvalue weighted by Gasteiger charge is -2.07. The first-order valence-electron chi connectivity index (χ1n) is 8.07. The Hall–Kier alpha value is -2.53. The van der Waals surface area contributed by atoms with Crippen LogP contribution in [0.1, 0.15) is 0 Å². The molecule has 0 radical (unpaired) electrons. The van der Waals surface area contributed by atoms with E-state index in [1.165, 1.54) is 11.1 Å². The molecule has 0 aliphatic carbocycles. The molecular formula is C22H16IN2+. The van der Waals surface area contributed by atoms with Gasteiger partial charge in [-0.15, -0.1) is 0 Å². The van der Waals surface area contributed by atoms with Crippen LogP contribution in [0.3, 0.4) is 0 Å². The predicted octanol–water partition coefficient (Wildman–Crippen LogP) is 1.93. The Kier molecular flexibility index (Phi) is 4.57. The van der Waals surface area contributed by atoms with Crippen LogP contribution in [0.5, 0.6) is 0 Å². The molecule has 1 heterocycles. The van der Waals surface area contributed by atoms with E-state index in [1.54, 1.807) is 0 Å². The van der Waals surface area contributed by atoms with E-state index in [9.17, 15) is 0 Å². The van der Waals surface area contributed by atoms with Gasteiger partial charge in [0.1, 0.15) is 0 Å². The average Bonchev–Trinajstić information content (AvgIpc) is 2.69. The van der Waals surface area contributed by atoms with E-state index in [0.717, 1.165) is 26.3 Å². The Morgan fingerprint density at radius 1 is 0.480 bits per heavy atom. The van der Waals surface area contributed by atoms with E-state index in [4.69, 9.17) is 0 Å². The lowest BCUT2D eigenvalue weighted by molar-refractivity contribution is -0.346. The molecule has 120 valence electrons. The van der Waals surface area contributed by atoms with Gasteiger partial charge in [0.15, 0.2) is 0 Å². The van der Waals surface area contributed by atoms with Crippen LogP contribution in [0.25, 0.3) is 33.6 Å². The summed E-state index contributed by atoms with van der Waals surface area (Å²) < 4.78 is 0.789. The number of halogens is 1. The Morgan fingerprint density at radius 2 is 1.00 bits per heavy atom.